The lowest BCUT2D eigenvalue weighted by atomic mass is 10.1. The van der Waals surface area contributed by atoms with Gasteiger partial charge in [-0.2, -0.15) is 5.10 Å². The van der Waals surface area contributed by atoms with E-state index in [1.807, 2.05) is 0 Å². The summed E-state index contributed by atoms with van der Waals surface area (Å²) in [6.45, 7) is 1.42. The van der Waals surface area contributed by atoms with Gasteiger partial charge in [-0.05, 0) is 12.0 Å². The van der Waals surface area contributed by atoms with Crippen LogP contribution in [0.15, 0.2) is 18.5 Å². The highest BCUT2D eigenvalue weighted by molar-refractivity contribution is 5.84. The Kier molecular flexibility index (Phi) is 1.96. The van der Waals surface area contributed by atoms with Crippen LogP contribution >= 0.6 is 0 Å². The van der Waals surface area contributed by atoms with Gasteiger partial charge in [0.25, 0.3) is 0 Å². The average molecular weight is 202 g/mol. The largest absolute Gasteiger partial charge is 0.377 e. The number of aromatic nitrogens is 4. The lowest BCUT2D eigenvalue weighted by Gasteiger charge is -2.11. The van der Waals surface area contributed by atoms with Crippen molar-refractivity contribution in [2.75, 3.05) is 13.2 Å². The molecule has 0 radical (unpaired) electrons. The van der Waals surface area contributed by atoms with E-state index in [0.29, 0.717) is 12.3 Å². The predicted octanol–water partition coefficient (Wildman–Crippen LogP) is 1.16. The van der Waals surface area contributed by atoms with Gasteiger partial charge in [0.2, 0.25) is 0 Å². The van der Waals surface area contributed by atoms with Crippen molar-refractivity contribution in [3.05, 3.63) is 24.2 Å². The first-order valence-corrected chi connectivity index (χ1v) is 4.87. The van der Waals surface area contributed by atoms with Gasteiger partial charge in [0.05, 0.1) is 18.9 Å². The van der Waals surface area contributed by atoms with Gasteiger partial charge in [0.1, 0.15) is 5.52 Å². The normalized spacial score (nSPS) is 16.7. The van der Waals surface area contributed by atoms with Crippen molar-refractivity contribution in [1.29, 1.82) is 0 Å². The first-order valence-electron chi connectivity index (χ1n) is 4.87. The fraction of sp³-hybridized carbons (Fsp3) is 0.300. The highest BCUT2D eigenvalue weighted by Crippen LogP contribution is 2.23. The van der Waals surface area contributed by atoms with Crippen LogP contribution < -0.4 is 0 Å². The van der Waals surface area contributed by atoms with Crippen LogP contribution in [0.3, 0.4) is 0 Å². The van der Waals surface area contributed by atoms with E-state index in [1.54, 1.807) is 12.4 Å². The number of fused-ring (bicyclic) bond motifs is 1. The quantitative estimate of drug-likeness (QED) is 0.753. The molecular weight excluding hydrogens is 192 g/mol. The van der Waals surface area contributed by atoms with Crippen LogP contribution in [0.5, 0.6) is 0 Å². The van der Waals surface area contributed by atoms with Gasteiger partial charge in [0.15, 0.2) is 5.65 Å². The summed E-state index contributed by atoms with van der Waals surface area (Å²) < 4.78 is 5.26. The summed E-state index contributed by atoms with van der Waals surface area (Å²) in [5.74, 6) is 0. The molecule has 1 aliphatic heterocycles. The van der Waals surface area contributed by atoms with E-state index in [2.05, 4.69) is 26.2 Å². The Morgan fingerprint density at radius 3 is 3.07 bits per heavy atom. The van der Waals surface area contributed by atoms with Gasteiger partial charge in [-0.3, -0.25) is 5.10 Å². The van der Waals surface area contributed by atoms with E-state index < -0.39 is 0 Å². The molecule has 5 nitrogen and oxygen atoms in total. The number of hydrogen-bond acceptors (Lipinski definition) is 4. The number of nitrogens with zero attached hydrogens (tertiary/aromatic N) is 3. The van der Waals surface area contributed by atoms with Crippen LogP contribution in [0.25, 0.3) is 16.7 Å². The maximum atomic E-state index is 5.26. The highest BCUT2D eigenvalue weighted by Gasteiger charge is 2.13. The highest BCUT2D eigenvalue weighted by atomic mass is 16.5. The van der Waals surface area contributed by atoms with Gasteiger partial charge in [-0.25, -0.2) is 9.97 Å². The molecule has 0 amide bonds. The standard InChI is InChI=1S/C10H10N4O/c1-5-15-6-2-7(1)8-9-10(14-13-8)12-4-3-11-9/h1,3-4H,2,5-6H2,(H,12,13,14). The first kappa shape index (κ1) is 8.55. The third-order valence-electron chi connectivity index (χ3n) is 2.47. The van der Waals surface area contributed by atoms with Crippen molar-refractivity contribution in [2.24, 2.45) is 0 Å². The van der Waals surface area contributed by atoms with E-state index >= 15 is 0 Å². The number of rotatable bonds is 1. The fourth-order valence-electron chi connectivity index (χ4n) is 1.73. The molecule has 2 aromatic rings. The minimum atomic E-state index is 0.663. The summed E-state index contributed by atoms with van der Waals surface area (Å²) in [6.07, 6.45) is 6.28. The topological polar surface area (TPSA) is 63.7 Å². The van der Waals surface area contributed by atoms with Crippen molar-refractivity contribution in [3.8, 4) is 0 Å². The van der Waals surface area contributed by atoms with Gasteiger partial charge in [-0.15, -0.1) is 0 Å². The SMILES string of the molecule is C1=C(c2[nH]nc3nccnc23)CCOC1. The Hall–Kier alpha value is -1.75. The summed E-state index contributed by atoms with van der Waals surface area (Å²) in [5.41, 5.74) is 3.69. The van der Waals surface area contributed by atoms with E-state index in [-0.39, 0.29) is 0 Å². The molecule has 0 bridgehead atoms. The van der Waals surface area contributed by atoms with Gasteiger partial charge < -0.3 is 4.74 Å². The van der Waals surface area contributed by atoms with Crippen molar-refractivity contribution in [3.63, 3.8) is 0 Å². The maximum absolute atomic E-state index is 5.26. The second-order valence-electron chi connectivity index (χ2n) is 3.38. The Morgan fingerprint density at radius 1 is 1.27 bits per heavy atom. The summed E-state index contributed by atoms with van der Waals surface area (Å²) in [7, 11) is 0. The predicted molar refractivity (Wildman–Crippen MR) is 55.1 cm³/mol. The average Bonchev–Trinajstić information content (AvgIpc) is 2.74. The smallest absolute Gasteiger partial charge is 0.200 e. The fourth-order valence-corrected chi connectivity index (χ4v) is 1.73. The summed E-state index contributed by atoms with van der Waals surface area (Å²) in [6, 6.07) is 0. The molecule has 15 heavy (non-hydrogen) atoms. The van der Waals surface area contributed by atoms with Gasteiger partial charge >= 0.3 is 0 Å². The van der Waals surface area contributed by atoms with E-state index in [1.165, 1.54) is 5.57 Å². The van der Waals surface area contributed by atoms with E-state index in [4.69, 9.17) is 4.74 Å². The van der Waals surface area contributed by atoms with Gasteiger partial charge in [-0.1, -0.05) is 6.08 Å². The maximum Gasteiger partial charge on any atom is 0.200 e. The molecule has 0 fully saturated rings. The molecule has 0 spiro atoms. The lowest BCUT2D eigenvalue weighted by Crippen LogP contribution is -2.04. The zero-order valence-electron chi connectivity index (χ0n) is 8.10. The second-order valence-corrected chi connectivity index (χ2v) is 3.38. The molecule has 5 heteroatoms. The molecule has 0 aliphatic carbocycles. The number of H-pyrrole nitrogens is 1. The number of hydrogen-bond donors (Lipinski definition) is 1. The molecule has 3 heterocycles. The van der Waals surface area contributed by atoms with Crippen molar-refractivity contribution in [1.82, 2.24) is 20.2 Å². The Labute approximate surface area is 86.2 Å². The molecule has 0 saturated heterocycles. The summed E-state index contributed by atoms with van der Waals surface area (Å²) in [5, 5.41) is 7.10. The van der Waals surface area contributed by atoms with Crippen molar-refractivity contribution in [2.45, 2.75) is 6.42 Å². The molecule has 0 atom stereocenters. The number of aromatic amines is 1. The lowest BCUT2D eigenvalue weighted by molar-refractivity contribution is 0.161. The third kappa shape index (κ3) is 1.41. The van der Waals surface area contributed by atoms with E-state index in [9.17, 15) is 0 Å². The first-order chi connectivity index (χ1) is 7.45. The molecule has 2 aromatic heterocycles. The van der Waals surface area contributed by atoms with Crippen LogP contribution in [0.1, 0.15) is 12.1 Å². The van der Waals surface area contributed by atoms with Crippen LogP contribution in [0, 0.1) is 0 Å². The zero-order valence-corrected chi connectivity index (χ0v) is 8.10. The molecule has 76 valence electrons. The third-order valence-corrected chi connectivity index (χ3v) is 2.47. The molecule has 0 aromatic carbocycles. The van der Waals surface area contributed by atoms with Crippen molar-refractivity contribution < 1.29 is 4.74 Å². The van der Waals surface area contributed by atoms with Crippen LogP contribution in [0.2, 0.25) is 0 Å². The molecular formula is C10H10N4O. The summed E-state index contributed by atoms with van der Waals surface area (Å²) in [4.78, 5) is 8.41. The molecule has 0 saturated carbocycles. The van der Waals surface area contributed by atoms with Crippen LogP contribution in [-0.4, -0.2) is 33.4 Å². The number of ether oxygens (including phenoxy) is 1. The van der Waals surface area contributed by atoms with Crippen LogP contribution in [0.4, 0.5) is 0 Å². The Balaban J connectivity index is 2.14. The summed E-state index contributed by atoms with van der Waals surface area (Å²) >= 11 is 0. The zero-order chi connectivity index (χ0) is 10.1. The molecule has 3 rings (SSSR count). The second kappa shape index (κ2) is 3.43. The Morgan fingerprint density at radius 2 is 2.20 bits per heavy atom. The minimum Gasteiger partial charge on any atom is -0.377 e. The van der Waals surface area contributed by atoms with E-state index in [0.717, 1.165) is 24.2 Å². The molecule has 1 aliphatic rings. The number of nitrogens with one attached hydrogen (secondary N) is 1. The van der Waals surface area contributed by atoms with Crippen molar-refractivity contribution >= 4 is 16.7 Å². The molecule has 1 N–H and O–H groups in total. The Bertz CT molecular complexity index is 517. The van der Waals surface area contributed by atoms with Gasteiger partial charge in [0, 0.05) is 12.4 Å². The molecule has 0 unspecified atom stereocenters. The van der Waals surface area contributed by atoms with Crippen LogP contribution in [-0.2, 0) is 4.74 Å². The monoisotopic (exact) mass is 202 g/mol. The minimum absolute atomic E-state index is 0.663.